The fourth-order valence-corrected chi connectivity index (χ4v) is 5.46. The predicted molar refractivity (Wildman–Crippen MR) is 144 cm³/mol. The van der Waals surface area contributed by atoms with Crippen molar-refractivity contribution in [2.24, 2.45) is 0 Å². The number of benzene rings is 3. The van der Waals surface area contributed by atoms with E-state index in [1.807, 2.05) is 17.9 Å². The molecule has 0 aliphatic carbocycles. The maximum absolute atomic E-state index is 15.5. The highest BCUT2D eigenvalue weighted by molar-refractivity contribution is 5.97. The molecule has 7 nitrogen and oxygen atoms in total. The number of pyridine rings is 1. The van der Waals surface area contributed by atoms with Crippen molar-refractivity contribution in [3.8, 4) is 5.75 Å². The zero-order chi connectivity index (χ0) is 25.0. The maximum Gasteiger partial charge on any atom is 0.341 e. The number of carboxylic acids is 1. The smallest absolute Gasteiger partial charge is 0.341 e. The van der Waals surface area contributed by atoms with Crippen LogP contribution in [0.3, 0.4) is 0 Å². The van der Waals surface area contributed by atoms with E-state index in [0.29, 0.717) is 30.0 Å². The molecule has 9 heteroatoms. The number of carboxylic acid groups (broad SMARTS) is 1. The molecule has 0 amide bonds. The molecule has 1 saturated heterocycles. The third kappa shape index (κ3) is 4.20. The molecule has 2 aliphatic rings. The van der Waals surface area contributed by atoms with Crippen molar-refractivity contribution in [1.82, 2.24) is 9.47 Å². The highest BCUT2D eigenvalue weighted by Crippen LogP contribution is 2.42. The Morgan fingerprint density at radius 3 is 2.57 bits per heavy atom. The van der Waals surface area contributed by atoms with E-state index in [0.717, 1.165) is 19.6 Å². The molecule has 192 valence electrons. The van der Waals surface area contributed by atoms with Crippen molar-refractivity contribution in [2.75, 3.05) is 37.7 Å². The summed E-state index contributed by atoms with van der Waals surface area (Å²) in [4.78, 5) is 28.8. The molecule has 0 bridgehead atoms. The Labute approximate surface area is 219 Å². The van der Waals surface area contributed by atoms with E-state index in [9.17, 15) is 14.7 Å². The van der Waals surface area contributed by atoms with Gasteiger partial charge in [0.2, 0.25) is 5.43 Å². The fraction of sp³-hybridized carbons (Fsp3) is 0.286. The minimum Gasteiger partial charge on any atom is -0.487 e. The number of rotatable bonds is 4. The van der Waals surface area contributed by atoms with Crippen LogP contribution in [-0.2, 0) is 6.54 Å². The summed E-state index contributed by atoms with van der Waals surface area (Å²) in [6, 6.07) is 15.7. The summed E-state index contributed by atoms with van der Waals surface area (Å²) in [6.07, 6.45) is 1.35. The number of aromatic nitrogens is 1. The second kappa shape index (κ2) is 9.68. The average molecular weight is 524 g/mol. The first-order valence-corrected chi connectivity index (χ1v) is 12.1. The van der Waals surface area contributed by atoms with E-state index < -0.39 is 17.2 Å². The molecule has 0 saturated carbocycles. The van der Waals surface area contributed by atoms with Gasteiger partial charge >= 0.3 is 5.97 Å². The molecule has 6 rings (SSSR count). The minimum absolute atomic E-state index is 0. The van der Waals surface area contributed by atoms with Gasteiger partial charge in [-0.1, -0.05) is 42.5 Å². The highest BCUT2D eigenvalue weighted by Gasteiger charge is 2.31. The number of nitrogens with zero attached hydrogens (tertiary/aromatic N) is 3. The van der Waals surface area contributed by atoms with Crippen LogP contribution in [0.2, 0.25) is 0 Å². The SMILES string of the molecule is C[C@H]1COc2c(N3CCN(Cc4cccc5ccccc45)CC3)c(F)cc3c(=O)c(C(=O)O)cn1c23.Cl. The topological polar surface area (TPSA) is 75.0 Å². The first kappa shape index (κ1) is 25.0. The lowest BCUT2D eigenvalue weighted by molar-refractivity contribution is 0.0694. The van der Waals surface area contributed by atoms with Gasteiger partial charge in [0.25, 0.3) is 0 Å². The number of piperazine rings is 1. The van der Waals surface area contributed by atoms with Gasteiger partial charge in [0, 0.05) is 38.9 Å². The largest absolute Gasteiger partial charge is 0.487 e. The van der Waals surface area contributed by atoms with E-state index in [4.69, 9.17) is 4.74 Å². The van der Waals surface area contributed by atoms with Crippen LogP contribution in [0.1, 0.15) is 28.9 Å². The number of aromatic carboxylic acids is 1. The molecule has 1 aromatic heterocycles. The normalized spacial score (nSPS) is 17.5. The summed E-state index contributed by atoms with van der Waals surface area (Å²) in [5.41, 5.74) is 1.01. The Kier molecular flexibility index (Phi) is 6.56. The third-order valence-corrected chi connectivity index (χ3v) is 7.33. The van der Waals surface area contributed by atoms with Gasteiger partial charge in [-0.15, -0.1) is 12.4 Å². The number of ether oxygens (including phenoxy) is 1. The van der Waals surface area contributed by atoms with Gasteiger partial charge in [-0.3, -0.25) is 9.69 Å². The zero-order valence-electron chi connectivity index (χ0n) is 20.3. The van der Waals surface area contributed by atoms with Crippen LogP contribution in [-0.4, -0.2) is 53.3 Å². The molecule has 1 N–H and O–H groups in total. The van der Waals surface area contributed by atoms with Crippen LogP contribution in [0.25, 0.3) is 21.7 Å². The first-order chi connectivity index (χ1) is 17.4. The monoisotopic (exact) mass is 523 g/mol. The van der Waals surface area contributed by atoms with Crippen LogP contribution in [0, 0.1) is 5.82 Å². The van der Waals surface area contributed by atoms with E-state index in [-0.39, 0.29) is 36.0 Å². The Morgan fingerprint density at radius 1 is 1.08 bits per heavy atom. The van der Waals surface area contributed by atoms with E-state index in [1.54, 1.807) is 4.57 Å². The van der Waals surface area contributed by atoms with Crippen LogP contribution < -0.4 is 15.1 Å². The van der Waals surface area contributed by atoms with Gasteiger partial charge in [-0.05, 0) is 29.3 Å². The van der Waals surface area contributed by atoms with Crippen LogP contribution in [0.15, 0.2) is 59.5 Å². The zero-order valence-corrected chi connectivity index (χ0v) is 21.1. The molecular formula is C28H27ClFN3O4. The Balaban J connectivity index is 0.00000280. The van der Waals surface area contributed by atoms with Crippen molar-refractivity contribution in [3.05, 3.63) is 81.9 Å². The van der Waals surface area contributed by atoms with Gasteiger partial charge in [0.1, 0.15) is 17.9 Å². The molecule has 0 unspecified atom stereocenters. The van der Waals surface area contributed by atoms with Gasteiger partial charge < -0.3 is 19.3 Å². The molecule has 3 aromatic carbocycles. The average Bonchev–Trinajstić information content (AvgIpc) is 2.88. The van der Waals surface area contributed by atoms with Crippen molar-refractivity contribution in [3.63, 3.8) is 0 Å². The first-order valence-electron chi connectivity index (χ1n) is 12.1. The van der Waals surface area contributed by atoms with Gasteiger partial charge in [-0.2, -0.15) is 0 Å². The van der Waals surface area contributed by atoms with Crippen molar-refractivity contribution in [1.29, 1.82) is 0 Å². The molecule has 2 aliphatic heterocycles. The fourth-order valence-electron chi connectivity index (χ4n) is 5.46. The van der Waals surface area contributed by atoms with E-state index >= 15 is 4.39 Å². The van der Waals surface area contributed by atoms with E-state index in [2.05, 4.69) is 41.3 Å². The molecule has 0 spiro atoms. The number of hydrogen-bond donors (Lipinski definition) is 1. The lowest BCUT2D eigenvalue weighted by atomic mass is 10.0. The summed E-state index contributed by atoms with van der Waals surface area (Å²) < 4.78 is 23.2. The van der Waals surface area contributed by atoms with Crippen molar-refractivity contribution in [2.45, 2.75) is 19.5 Å². The second-order valence-electron chi connectivity index (χ2n) is 9.58. The number of anilines is 1. The number of hydrogen-bond acceptors (Lipinski definition) is 5. The highest BCUT2D eigenvalue weighted by atomic mass is 35.5. The van der Waals surface area contributed by atoms with Crippen LogP contribution >= 0.6 is 12.4 Å². The van der Waals surface area contributed by atoms with Gasteiger partial charge in [-0.25, -0.2) is 9.18 Å². The Morgan fingerprint density at radius 2 is 1.81 bits per heavy atom. The molecule has 3 heterocycles. The minimum atomic E-state index is -1.32. The Bertz CT molecular complexity index is 1570. The van der Waals surface area contributed by atoms with Crippen LogP contribution in [0.4, 0.5) is 10.1 Å². The standard InChI is InChI=1S/C28H26FN3O4.ClH/c1-17-16-36-27-24-21(26(33)22(28(34)35)15-32(17)24)13-23(29)25(27)31-11-9-30(10-12-31)14-19-7-4-6-18-5-2-3-8-20(18)19;/h2-8,13,15,17H,9-12,14,16H2,1H3,(H,34,35);1H/t17-;/m0./s1. The number of fused-ring (bicyclic) bond motifs is 1. The summed E-state index contributed by atoms with van der Waals surface area (Å²) in [7, 11) is 0. The quantitative estimate of drug-likeness (QED) is 0.418. The van der Waals surface area contributed by atoms with Crippen LogP contribution in [0.5, 0.6) is 5.75 Å². The molecule has 37 heavy (non-hydrogen) atoms. The molecule has 1 fully saturated rings. The summed E-state index contributed by atoms with van der Waals surface area (Å²) in [5.74, 6) is -1.57. The maximum atomic E-state index is 15.5. The van der Waals surface area contributed by atoms with Crippen molar-refractivity contribution >= 4 is 45.7 Å². The van der Waals surface area contributed by atoms with Crippen molar-refractivity contribution < 1.29 is 19.0 Å². The van der Waals surface area contributed by atoms with Gasteiger partial charge in [0.05, 0.1) is 16.9 Å². The second-order valence-corrected chi connectivity index (χ2v) is 9.58. The van der Waals surface area contributed by atoms with Gasteiger partial charge in [0.15, 0.2) is 11.6 Å². The molecule has 1 atom stereocenters. The number of halogens is 2. The summed E-state index contributed by atoms with van der Waals surface area (Å²) in [6.45, 7) is 5.68. The lowest BCUT2D eigenvalue weighted by Gasteiger charge is -2.38. The molecular weight excluding hydrogens is 497 g/mol. The molecule has 4 aromatic rings. The molecule has 0 radical (unpaired) electrons. The Hall–Kier alpha value is -3.62. The summed E-state index contributed by atoms with van der Waals surface area (Å²) >= 11 is 0. The number of carbonyl (C=O) groups is 1. The lowest BCUT2D eigenvalue weighted by Crippen LogP contribution is -2.46. The van der Waals surface area contributed by atoms with E-state index in [1.165, 1.54) is 28.6 Å². The third-order valence-electron chi connectivity index (χ3n) is 7.33. The summed E-state index contributed by atoms with van der Waals surface area (Å²) in [5, 5.41) is 12.0. The predicted octanol–water partition coefficient (Wildman–Crippen LogP) is 4.69.